The van der Waals surface area contributed by atoms with Crippen LogP contribution in [0.3, 0.4) is 0 Å². The SMILES string of the molecule is CC(C)(C)c1cc(NC(=O)N2CCCN(c3ncccn3)CC2)no1. The number of hydrogen-bond acceptors (Lipinski definition) is 6. The predicted octanol–water partition coefficient (Wildman–Crippen LogP) is 2.51. The highest BCUT2D eigenvalue weighted by Gasteiger charge is 2.23. The standard InChI is InChI=1S/C17H24N6O2/c1-17(2,3)13-12-14(21-25-13)20-16(24)23-9-5-8-22(10-11-23)15-18-6-4-7-19-15/h4,6-7,12H,5,8-11H2,1-3H3,(H,20,21,24). The van der Waals surface area contributed by atoms with E-state index < -0.39 is 0 Å². The molecule has 1 aliphatic heterocycles. The lowest BCUT2D eigenvalue weighted by molar-refractivity contribution is 0.215. The fraction of sp³-hybridized carbons (Fsp3) is 0.529. The molecular formula is C17H24N6O2. The molecule has 2 amide bonds. The second-order valence-electron chi connectivity index (χ2n) is 7.13. The van der Waals surface area contributed by atoms with Crippen molar-refractivity contribution in [3.8, 4) is 0 Å². The number of rotatable bonds is 2. The first-order valence-corrected chi connectivity index (χ1v) is 8.48. The number of nitrogens with one attached hydrogen (secondary N) is 1. The number of hydrogen-bond donors (Lipinski definition) is 1. The van der Waals surface area contributed by atoms with E-state index in [1.54, 1.807) is 29.4 Å². The van der Waals surface area contributed by atoms with Gasteiger partial charge in [0.05, 0.1) is 0 Å². The van der Waals surface area contributed by atoms with E-state index in [1.165, 1.54) is 0 Å². The quantitative estimate of drug-likeness (QED) is 0.901. The molecule has 0 bridgehead atoms. The third kappa shape index (κ3) is 4.26. The second-order valence-corrected chi connectivity index (χ2v) is 7.13. The topological polar surface area (TPSA) is 87.4 Å². The summed E-state index contributed by atoms with van der Waals surface area (Å²) in [5.74, 6) is 1.89. The van der Waals surface area contributed by atoms with E-state index in [1.807, 2.05) is 20.8 Å². The van der Waals surface area contributed by atoms with Crippen LogP contribution in [-0.4, -0.2) is 52.2 Å². The Labute approximate surface area is 147 Å². The maximum atomic E-state index is 12.5. The van der Waals surface area contributed by atoms with E-state index in [4.69, 9.17) is 4.52 Å². The van der Waals surface area contributed by atoms with Gasteiger partial charge in [-0.25, -0.2) is 14.8 Å². The molecule has 1 N–H and O–H groups in total. The number of aromatic nitrogens is 3. The lowest BCUT2D eigenvalue weighted by Crippen LogP contribution is -2.38. The summed E-state index contributed by atoms with van der Waals surface area (Å²) in [6.45, 7) is 8.92. The number of carbonyl (C=O) groups excluding carboxylic acids is 1. The summed E-state index contributed by atoms with van der Waals surface area (Å²) in [5, 5.41) is 6.76. The fourth-order valence-electron chi connectivity index (χ4n) is 2.65. The molecular weight excluding hydrogens is 320 g/mol. The number of carbonyl (C=O) groups is 1. The first-order chi connectivity index (χ1) is 11.9. The molecule has 0 aromatic carbocycles. The van der Waals surface area contributed by atoms with Crippen molar-refractivity contribution in [1.29, 1.82) is 0 Å². The summed E-state index contributed by atoms with van der Waals surface area (Å²) < 4.78 is 5.31. The van der Waals surface area contributed by atoms with Crippen molar-refractivity contribution in [3.63, 3.8) is 0 Å². The maximum Gasteiger partial charge on any atom is 0.323 e. The van der Waals surface area contributed by atoms with Gasteiger partial charge >= 0.3 is 6.03 Å². The molecule has 134 valence electrons. The summed E-state index contributed by atoms with van der Waals surface area (Å²) in [7, 11) is 0. The zero-order valence-corrected chi connectivity index (χ0v) is 14.9. The van der Waals surface area contributed by atoms with Crippen molar-refractivity contribution in [2.24, 2.45) is 0 Å². The molecule has 3 heterocycles. The number of amides is 2. The Bertz CT molecular complexity index is 709. The third-order valence-corrected chi connectivity index (χ3v) is 4.10. The minimum absolute atomic E-state index is 0.144. The third-order valence-electron chi connectivity index (χ3n) is 4.10. The summed E-state index contributed by atoms with van der Waals surface area (Å²) in [6, 6.07) is 3.41. The molecule has 3 rings (SSSR count). The largest absolute Gasteiger partial charge is 0.359 e. The molecule has 8 nitrogen and oxygen atoms in total. The van der Waals surface area contributed by atoms with Crippen LogP contribution in [0.15, 0.2) is 29.0 Å². The van der Waals surface area contributed by atoms with E-state index >= 15 is 0 Å². The van der Waals surface area contributed by atoms with Crippen LogP contribution in [0.2, 0.25) is 0 Å². The van der Waals surface area contributed by atoms with Crippen molar-refractivity contribution < 1.29 is 9.32 Å². The molecule has 0 spiro atoms. The molecule has 1 fully saturated rings. The minimum Gasteiger partial charge on any atom is -0.359 e. The van der Waals surface area contributed by atoms with E-state index in [-0.39, 0.29) is 11.4 Å². The lowest BCUT2D eigenvalue weighted by Gasteiger charge is -2.21. The van der Waals surface area contributed by atoms with Gasteiger partial charge in [0.25, 0.3) is 0 Å². The molecule has 0 unspecified atom stereocenters. The molecule has 25 heavy (non-hydrogen) atoms. The van der Waals surface area contributed by atoms with E-state index in [2.05, 4.69) is 25.3 Å². The summed E-state index contributed by atoms with van der Waals surface area (Å²) in [4.78, 5) is 25.0. The lowest BCUT2D eigenvalue weighted by atomic mass is 9.93. The van der Waals surface area contributed by atoms with Crippen LogP contribution < -0.4 is 10.2 Å². The Balaban J connectivity index is 1.59. The highest BCUT2D eigenvalue weighted by molar-refractivity contribution is 5.88. The van der Waals surface area contributed by atoms with Gasteiger partial charge in [0.15, 0.2) is 5.82 Å². The fourth-order valence-corrected chi connectivity index (χ4v) is 2.65. The van der Waals surface area contributed by atoms with Crippen molar-refractivity contribution in [2.45, 2.75) is 32.6 Å². The van der Waals surface area contributed by atoms with Gasteiger partial charge in [-0.1, -0.05) is 25.9 Å². The maximum absolute atomic E-state index is 12.5. The van der Waals surface area contributed by atoms with Gasteiger partial charge in [0.1, 0.15) is 5.76 Å². The predicted molar refractivity (Wildman–Crippen MR) is 94.7 cm³/mol. The van der Waals surface area contributed by atoms with Crippen LogP contribution in [0.1, 0.15) is 33.0 Å². The first-order valence-electron chi connectivity index (χ1n) is 8.48. The van der Waals surface area contributed by atoms with Crippen LogP contribution >= 0.6 is 0 Å². The summed E-state index contributed by atoms with van der Waals surface area (Å²) >= 11 is 0. The zero-order chi connectivity index (χ0) is 17.9. The summed E-state index contributed by atoms with van der Waals surface area (Å²) in [6.07, 6.45) is 4.32. The van der Waals surface area contributed by atoms with Gasteiger partial charge in [-0.2, -0.15) is 0 Å². The van der Waals surface area contributed by atoms with Crippen molar-refractivity contribution >= 4 is 17.8 Å². The van der Waals surface area contributed by atoms with E-state index in [0.717, 1.165) is 18.7 Å². The zero-order valence-electron chi connectivity index (χ0n) is 14.9. The van der Waals surface area contributed by atoms with Crippen molar-refractivity contribution in [3.05, 3.63) is 30.3 Å². The molecule has 0 aliphatic carbocycles. The molecule has 1 aliphatic rings. The molecule has 2 aromatic heterocycles. The smallest absolute Gasteiger partial charge is 0.323 e. The van der Waals surface area contributed by atoms with Crippen LogP contribution in [0, 0.1) is 0 Å². The van der Waals surface area contributed by atoms with Gasteiger partial charge < -0.3 is 14.3 Å². The van der Waals surface area contributed by atoms with E-state index in [0.29, 0.717) is 31.4 Å². The molecule has 0 saturated carbocycles. The Morgan fingerprint density at radius 1 is 1.16 bits per heavy atom. The van der Waals surface area contributed by atoms with Gasteiger partial charge in [-0.3, -0.25) is 5.32 Å². The van der Waals surface area contributed by atoms with E-state index in [9.17, 15) is 4.79 Å². The highest BCUT2D eigenvalue weighted by atomic mass is 16.5. The normalized spacial score (nSPS) is 15.8. The highest BCUT2D eigenvalue weighted by Crippen LogP contribution is 2.24. The van der Waals surface area contributed by atoms with Crippen LogP contribution in [0.4, 0.5) is 16.6 Å². The van der Waals surface area contributed by atoms with Crippen LogP contribution in [0.25, 0.3) is 0 Å². The molecule has 1 saturated heterocycles. The average Bonchev–Trinajstić information content (AvgIpc) is 2.92. The monoisotopic (exact) mass is 344 g/mol. The Morgan fingerprint density at radius 3 is 2.60 bits per heavy atom. The second kappa shape index (κ2) is 7.08. The molecule has 0 radical (unpaired) electrons. The minimum atomic E-state index is -0.162. The van der Waals surface area contributed by atoms with Gasteiger partial charge in [-0.05, 0) is 12.5 Å². The van der Waals surface area contributed by atoms with Gasteiger partial charge in [-0.15, -0.1) is 0 Å². The van der Waals surface area contributed by atoms with Crippen LogP contribution in [0.5, 0.6) is 0 Å². The van der Waals surface area contributed by atoms with Gasteiger partial charge in [0.2, 0.25) is 5.95 Å². The van der Waals surface area contributed by atoms with Crippen LogP contribution in [-0.2, 0) is 5.41 Å². The van der Waals surface area contributed by atoms with Crippen molar-refractivity contribution in [2.75, 3.05) is 36.4 Å². The Hall–Kier alpha value is -2.64. The molecule has 0 atom stereocenters. The number of nitrogens with zero attached hydrogens (tertiary/aromatic N) is 5. The number of anilines is 2. The average molecular weight is 344 g/mol. The van der Waals surface area contributed by atoms with Gasteiger partial charge in [0, 0.05) is 50.1 Å². The Morgan fingerprint density at radius 2 is 1.92 bits per heavy atom. The molecule has 2 aromatic rings. The number of urea groups is 1. The molecule has 8 heteroatoms. The summed E-state index contributed by atoms with van der Waals surface area (Å²) in [5.41, 5.74) is -0.144. The van der Waals surface area contributed by atoms with Crippen molar-refractivity contribution in [1.82, 2.24) is 20.0 Å². The Kier molecular flexibility index (Phi) is 4.87. The first kappa shape index (κ1) is 17.2.